The number of carbonyl (C=O) groups is 1. The molecule has 1 amide bonds. The molecule has 0 bridgehead atoms. The number of hydrogen-bond acceptors (Lipinski definition) is 3. The summed E-state index contributed by atoms with van der Waals surface area (Å²) in [5.74, 6) is 0.159. The number of halogens is 1. The zero-order valence-corrected chi connectivity index (χ0v) is 12.6. The van der Waals surface area contributed by atoms with Crippen molar-refractivity contribution in [2.75, 3.05) is 13.1 Å². The van der Waals surface area contributed by atoms with Gasteiger partial charge in [-0.25, -0.2) is 4.39 Å². The fourth-order valence-electron chi connectivity index (χ4n) is 2.68. The van der Waals surface area contributed by atoms with Crippen LogP contribution in [0.1, 0.15) is 5.56 Å². The molecule has 1 saturated heterocycles. The van der Waals surface area contributed by atoms with Crippen LogP contribution >= 0.6 is 0 Å². The molecule has 0 aromatic heterocycles. The van der Waals surface area contributed by atoms with Gasteiger partial charge in [-0.1, -0.05) is 30.3 Å². The fourth-order valence-corrected chi connectivity index (χ4v) is 2.68. The van der Waals surface area contributed by atoms with Crippen LogP contribution in [0, 0.1) is 5.82 Å². The minimum absolute atomic E-state index is 0.114. The van der Waals surface area contributed by atoms with Gasteiger partial charge < -0.3 is 14.7 Å². The molecule has 1 fully saturated rings. The van der Waals surface area contributed by atoms with Gasteiger partial charge in [0.05, 0.1) is 19.5 Å². The summed E-state index contributed by atoms with van der Waals surface area (Å²) in [4.78, 5) is 13.9. The minimum Gasteiger partial charge on any atom is -0.486 e. The van der Waals surface area contributed by atoms with Crippen molar-refractivity contribution < 1.29 is 19.0 Å². The molecule has 0 saturated carbocycles. The third-order valence-electron chi connectivity index (χ3n) is 3.86. The molecular weight excluding hydrogens is 297 g/mol. The maximum Gasteiger partial charge on any atom is 0.227 e. The molecule has 4 nitrogen and oxygen atoms in total. The van der Waals surface area contributed by atoms with Gasteiger partial charge in [0.1, 0.15) is 23.8 Å². The highest BCUT2D eigenvalue weighted by molar-refractivity contribution is 5.79. The largest absolute Gasteiger partial charge is 0.486 e. The summed E-state index contributed by atoms with van der Waals surface area (Å²) in [6.07, 6.45) is -1.07. The number of para-hydroxylation sites is 1. The smallest absolute Gasteiger partial charge is 0.227 e. The molecule has 0 spiro atoms. The van der Waals surface area contributed by atoms with E-state index in [1.165, 1.54) is 12.1 Å². The Bertz CT molecular complexity index is 677. The fraction of sp³-hybridized carbons (Fsp3) is 0.278. The molecule has 23 heavy (non-hydrogen) atoms. The first kappa shape index (κ1) is 15.5. The van der Waals surface area contributed by atoms with E-state index in [2.05, 4.69) is 0 Å². The first-order valence-electron chi connectivity index (χ1n) is 7.54. The van der Waals surface area contributed by atoms with Crippen molar-refractivity contribution in [1.29, 1.82) is 0 Å². The number of carbonyl (C=O) groups excluding carboxylic acids is 1. The van der Waals surface area contributed by atoms with Crippen LogP contribution in [-0.4, -0.2) is 41.2 Å². The van der Waals surface area contributed by atoms with Crippen molar-refractivity contribution in [1.82, 2.24) is 4.90 Å². The van der Waals surface area contributed by atoms with Gasteiger partial charge in [-0.15, -0.1) is 0 Å². The van der Waals surface area contributed by atoms with Gasteiger partial charge in [0.15, 0.2) is 0 Å². The molecule has 2 atom stereocenters. The summed E-state index contributed by atoms with van der Waals surface area (Å²) in [6.45, 7) is 0.551. The average molecular weight is 315 g/mol. The van der Waals surface area contributed by atoms with E-state index >= 15 is 0 Å². The van der Waals surface area contributed by atoms with Crippen molar-refractivity contribution in [2.45, 2.75) is 18.6 Å². The molecule has 1 N–H and O–H groups in total. The van der Waals surface area contributed by atoms with E-state index < -0.39 is 12.2 Å². The van der Waals surface area contributed by atoms with Gasteiger partial charge in [-0.05, 0) is 29.8 Å². The van der Waals surface area contributed by atoms with Crippen LogP contribution in [0.2, 0.25) is 0 Å². The van der Waals surface area contributed by atoms with Crippen LogP contribution in [0.3, 0.4) is 0 Å². The first-order valence-corrected chi connectivity index (χ1v) is 7.54. The summed E-state index contributed by atoms with van der Waals surface area (Å²) in [7, 11) is 0. The zero-order valence-electron chi connectivity index (χ0n) is 12.6. The monoisotopic (exact) mass is 315 g/mol. The van der Waals surface area contributed by atoms with Crippen LogP contribution in [0.4, 0.5) is 4.39 Å². The number of aliphatic hydroxyl groups excluding tert-OH is 1. The summed E-state index contributed by atoms with van der Waals surface area (Å²) in [5, 5.41) is 10.1. The van der Waals surface area contributed by atoms with Crippen LogP contribution in [0.25, 0.3) is 0 Å². The van der Waals surface area contributed by atoms with E-state index in [0.29, 0.717) is 17.9 Å². The van der Waals surface area contributed by atoms with E-state index in [0.717, 1.165) is 0 Å². The first-order chi connectivity index (χ1) is 11.1. The Morgan fingerprint density at radius 3 is 2.70 bits per heavy atom. The number of amides is 1. The van der Waals surface area contributed by atoms with Crippen molar-refractivity contribution in [3.63, 3.8) is 0 Å². The number of β-amino-alcohol motifs (C(OH)–C–C–N with tert-alkyl or cyclic N) is 1. The SMILES string of the molecule is O=C(Cc1cccc(F)c1)N1C[C@@H](O)[C@H](Oc2ccccc2)C1. The van der Waals surface area contributed by atoms with E-state index in [9.17, 15) is 14.3 Å². The predicted octanol–water partition coefficient (Wildman–Crippen LogP) is 2.02. The third kappa shape index (κ3) is 3.87. The second-order valence-electron chi connectivity index (χ2n) is 5.64. The Balaban J connectivity index is 1.60. The van der Waals surface area contributed by atoms with Crippen molar-refractivity contribution >= 4 is 5.91 Å². The van der Waals surface area contributed by atoms with Crippen molar-refractivity contribution in [2.24, 2.45) is 0 Å². The van der Waals surface area contributed by atoms with Gasteiger partial charge in [-0.2, -0.15) is 0 Å². The van der Waals surface area contributed by atoms with Gasteiger partial charge >= 0.3 is 0 Å². The lowest BCUT2D eigenvalue weighted by atomic mass is 10.1. The molecule has 1 aliphatic heterocycles. The second kappa shape index (κ2) is 6.79. The van der Waals surface area contributed by atoms with E-state index in [4.69, 9.17) is 4.74 Å². The number of ether oxygens (including phenoxy) is 1. The standard InChI is InChI=1S/C18H18FNO3/c19-14-6-4-5-13(9-14)10-18(22)20-11-16(21)17(12-20)23-15-7-2-1-3-8-15/h1-9,16-17,21H,10-12H2/t16-,17-/m1/s1. The third-order valence-corrected chi connectivity index (χ3v) is 3.86. The average Bonchev–Trinajstić information content (AvgIpc) is 2.89. The number of aliphatic hydroxyl groups is 1. The number of nitrogens with zero attached hydrogens (tertiary/aromatic N) is 1. The molecule has 5 heteroatoms. The predicted molar refractivity (Wildman–Crippen MR) is 83.5 cm³/mol. The summed E-state index contributed by atoms with van der Waals surface area (Å²) < 4.78 is 18.9. The van der Waals surface area contributed by atoms with E-state index in [1.54, 1.807) is 17.0 Å². The summed E-state index contributed by atoms with van der Waals surface area (Å²) >= 11 is 0. The van der Waals surface area contributed by atoms with Crippen LogP contribution < -0.4 is 4.74 Å². The Labute approximate surface area is 134 Å². The van der Waals surface area contributed by atoms with E-state index in [-0.39, 0.29) is 24.7 Å². The van der Waals surface area contributed by atoms with Crippen LogP contribution in [0.15, 0.2) is 54.6 Å². The van der Waals surface area contributed by atoms with Crippen molar-refractivity contribution in [3.05, 3.63) is 66.0 Å². The molecule has 2 aromatic carbocycles. The lowest BCUT2D eigenvalue weighted by molar-refractivity contribution is -0.129. The second-order valence-corrected chi connectivity index (χ2v) is 5.64. The summed E-state index contributed by atoms with van der Waals surface area (Å²) in [5.41, 5.74) is 0.622. The molecule has 0 aliphatic carbocycles. The molecule has 120 valence electrons. The van der Waals surface area contributed by atoms with Gasteiger partial charge in [-0.3, -0.25) is 4.79 Å². The summed E-state index contributed by atoms with van der Waals surface area (Å²) in [6, 6.07) is 15.2. The van der Waals surface area contributed by atoms with Gasteiger partial charge in [0.2, 0.25) is 5.91 Å². The highest BCUT2D eigenvalue weighted by Crippen LogP contribution is 2.19. The Morgan fingerprint density at radius 2 is 1.96 bits per heavy atom. The number of rotatable bonds is 4. The molecule has 1 aliphatic rings. The number of likely N-dealkylation sites (tertiary alicyclic amines) is 1. The zero-order chi connectivity index (χ0) is 16.2. The normalized spacial score (nSPS) is 20.5. The maximum atomic E-state index is 13.2. The lowest BCUT2D eigenvalue weighted by Gasteiger charge is -2.17. The topological polar surface area (TPSA) is 49.8 Å². The highest BCUT2D eigenvalue weighted by Gasteiger charge is 2.35. The lowest BCUT2D eigenvalue weighted by Crippen LogP contribution is -2.32. The quantitative estimate of drug-likeness (QED) is 0.939. The van der Waals surface area contributed by atoms with Crippen LogP contribution in [-0.2, 0) is 11.2 Å². The highest BCUT2D eigenvalue weighted by atomic mass is 19.1. The van der Waals surface area contributed by atoms with Crippen molar-refractivity contribution in [3.8, 4) is 5.75 Å². The molecule has 2 aromatic rings. The Morgan fingerprint density at radius 1 is 1.17 bits per heavy atom. The molecule has 0 radical (unpaired) electrons. The Hall–Kier alpha value is -2.40. The Kier molecular flexibility index (Phi) is 4.57. The number of benzene rings is 2. The van der Waals surface area contributed by atoms with Gasteiger partial charge in [0, 0.05) is 0 Å². The molecule has 1 heterocycles. The minimum atomic E-state index is -0.730. The molecule has 3 rings (SSSR count). The number of hydrogen-bond donors (Lipinski definition) is 1. The van der Waals surface area contributed by atoms with E-state index in [1.807, 2.05) is 30.3 Å². The molecule has 0 unspecified atom stereocenters. The molecular formula is C18H18FNO3. The maximum absolute atomic E-state index is 13.2. The van der Waals surface area contributed by atoms with Crippen LogP contribution in [0.5, 0.6) is 5.75 Å². The van der Waals surface area contributed by atoms with Gasteiger partial charge in [0.25, 0.3) is 0 Å².